The van der Waals surface area contributed by atoms with Crippen LogP contribution in [0.15, 0.2) is 18.2 Å². The molecule has 0 unspecified atom stereocenters. The molecule has 0 radical (unpaired) electrons. The van der Waals surface area contributed by atoms with Crippen LogP contribution in [-0.4, -0.2) is 25.7 Å². The zero-order valence-electron chi connectivity index (χ0n) is 9.05. The molecule has 0 amide bonds. The molecule has 0 bridgehead atoms. The quantitative estimate of drug-likeness (QED) is 0.779. The molecular weight excluding hydrogens is 230 g/mol. The van der Waals surface area contributed by atoms with Crippen molar-refractivity contribution in [3.8, 4) is 5.75 Å². The molecular formula is C11H16ClNOS. The standard InChI is InChI=1S/C11H16ClNOS/c1-14-11-5-3-4-10(12)9(11)8-13-6-7-15-2/h3-5,13H,6-8H2,1-2H3. The van der Waals surface area contributed by atoms with E-state index in [1.165, 1.54) is 0 Å². The molecule has 1 aromatic rings. The van der Waals surface area contributed by atoms with Crippen molar-refractivity contribution in [1.29, 1.82) is 0 Å². The van der Waals surface area contributed by atoms with Gasteiger partial charge >= 0.3 is 0 Å². The molecule has 1 aromatic carbocycles. The summed E-state index contributed by atoms with van der Waals surface area (Å²) in [7, 11) is 1.66. The normalized spacial score (nSPS) is 10.3. The number of hydrogen-bond donors (Lipinski definition) is 1. The predicted molar refractivity (Wildman–Crippen MR) is 68.1 cm³/mol. The Kier molecular flexibility index (Phi) is 5.91. The minimum absolute atomic E-state index is 0.753. The maximum absolute atomic E-state index is 6.10. The van der Waals surface area contributed by atoms with Gasteiger partial charge in [-0.25, -0.2) is 0 Å². The van der Waals surface area contributed by atoms with Crippen LogP contribution in [0.5, 0.6) is 5.75 Å². The molecule has 15 heavy (non-hydrogen) atoms. The minimum Gasteiger partial charge on any atom is -0.496 e. The van der Waals surface area contributed by atoms with Gasteiger partial charge in [0, 0.05) is 29.4 Å². The fraction of sp³-hybridized carbons (Fsp3) is 0.455. The Hall–Kier alpha value is -0.380. The first kappa shape index (κ1) is 12.7. The minimum atomic E-state index is 0.753. The molecule has 0 fully saturated rings. The van der Waals surface area contributed by atoms with Crippen molar-refractivity contribution in [2.24, 2.45) is 0 Å². The number of benzene rings is 1. The maximum Gasteiger partial charge on any atom is 0.124 e. The first-order valence-corrected chi connectivity index (χ1v) is 6.57. The summed E-state index contributed by atoms with van der Waals surface area (Å²) in [4.78, 5) is 0. The third-order valence-electron chi connectivity index (χ3n) is 2.08. The number of nitrogens with one attached hydrogen (secondary N) is 1. The Bertz CT molecular complexity index is 307. The lowest BCUT2D eigenvalue weighted by molar-refractivity contribution is 0.408. The van der Waals surface area contributed by atoms with Crippen LogP contribution in [0.1, 0.15) is 5.56 Å². The average Bonchev–Trinajstić information content (AvgIpc) is 2.26. The average molecular weight is 246 g/mol. The highest BCUT2D eigenvalue weighted by Crippen LogP contribution is 2.25. The lowest BCUT2D eigenvalue weighted by atomic mass is 10.2. The highest BCUT2D eigenvalue weighted by atomic mass is 35.5. The molecule has 4 heteroatoms. The van der Waals surface area contributed by atoms with E-state index in [-0.39, 0.29) is 0 Å². The van der Waals surface area contributed by atoms with Gasteiger partial charge in [0.05, 0.1) is 7.11 Å². The van der Waals surface area contributed by atoms with E-state index in [4.69, 9.17) is 16.3 Å². The van der Waals surface area contributed by atoms with Crippen molar-refractivity contribution in [3.05, 3.63) is 28.8 Å². The Morgan fingerprint density at radius 3 is 2.93 bits per heavy atom. The molecule has 0 heterocycles. The predicted octanol–water partition coefficient (Wildman–Crippen LogP) is 2.80. The topological polar surface area (TPSA) is 21.3 Å². The van der Waals surface area contributed by atoms with Crippen LogP contribution in [0.4, 0.5) is 0 Å². The number of rotatable bonds is 6. The molecule has 2 nitrogen and oxygen atoms in total. The van der Waals surface area contributed by atoms with Gasteiger partial charge < -0.3 is 10.1 Å². The Morgan fingerprint density at radius 1 is 1.47 bits per heavy atom. The number of halogens is 1. The molecule has 0 aliphatic carbocycles. The van der Waals surface area contributed by atoms with Crippen LogP contribution in [0, 0.1) is 0 Å². The number of hydrogen-bond acceptors (Lipinski definition) is 3. The van der Waals surface area contributed by atoms with Gasteiger partial charge in [-0.2, -0.15) is 11.8 Å². The first-order chi connectivity index (χ1) is 7.29. The fourth-order valence-electron chi connectivity index (χ4n) is 1.29. The molecule has 0 atom stereocenters. The van der Waals surface area contributed by atoms with Crippen molar-refractivity contribution in [1.82, 2.24) is 5.32 Å². The smallest absolute Gasteiger partial charge is 0.124 e. The van der Waals surface area contributed by atoms with E-state index in [1.807, 2.05) is 30.0 Å². The zero-order valence-corrected chi connectivity index (χ0v) is 10.6. The van der Waals surface area contributed by atoms with E-state index in [2.05, 4.69) is 11.6 Å². The van der Waals surface area contributed by atoms with Gasteiger partial charge in [-0.3, -0.25) is 0 Å². The van der Waals surface area contributed by atoms with Crippen molar-refractivity contribution >= 4 is 23.4 Å². The second-order valence-corrected chi connectivity index (χ2v) is 4.48. The van der Waals surface area contributed by atoms with Crippen molar-refractivity contribution in [2.75, 3.05) is 25.7 Å². The fourth-order valence-corrected chi connectivity index (χ4v) is 1.87. The van der Waals surface area contributed by atoms with Crippen molar-refractivity contribution < 1.29 is 4.74 Å². The molecule has 0 aliphatic heterocycles. The highest BCUT2D eigenvalue weighted by Gasteiger charge is 2.06. The number of methoxy groups -OCH3 is 1. The van der Waals surface area contributed by atoms with Crippen LogP contribution < -0.4 is 10.1 Å². The second kappa shape index (κ2) is 6.99. The maximum atomic E-state index is 6.10. The largest absolute Gasteiger partial charge is 0.496 e. The summed E-state index contributed by atoms with van der Waals surface area (Å²) in [6.07, 6.45) is 2.09. The summed E-state index contributed by atoms with van der Waals surface area (Å²) < 4.78 is 5.25. The molecule has 0 saturated carbocycles. The van der Waals surface area contributed by atoms with Gasteiger partial charge in [-0.1, -0.05) is 17.7 Å². The van der Waals surface area contributed by atoms with E-state index in [0.717, 1.165) is 35.2 Å². The lowest BCUT2D eigenvalue weighted by Crippen LogP contribution is -2.17. The second-order valence-electron chi connectivity index (χ2n) is 3.09. The van der Waals surface area contributed by atoms with E-state index in [1.54, 1.807) is 7.11 Å². The molecule has 0 spiro atoms. The molecule has 1 N–H and O–H groups in total. The summed E-state index contributed by atoms with van der Waals surface area (Å²) in [5, 5.41) is 4.09. The van der Waals surface area contributed by atoms with E-state index < -0.39 is 0 Å². The van der Waals surface area contributed by atoms with Crippen LogP contribution in [-0.2, 0) is 6.54 Å². The van der Waals surface area contributed by atoms with E-state index in [0.29, 0.717) is 0 Å². The zero-order chi connectivity index (χ0) is 11.1. The van der Waals surface area contributed by atoms with Gasteiger partial charge in [0.25, 0.3) is 0 Å². The van der Waals surface area contributed by atoms with Gasteiger partial charge in [-0.05, 0) is 18.4 Å². The van der Waals surface area contributed by atoms with E-state index in [9.17, 15) is 0 Å². The van der Waals surface area contributed by atoms with Gasteiger partial charge in [-0.15, -0.1) is 0 Å². The SMILES string of the molecule is COc1cccc(Cl)c1CNCCSC. The molecule has 1 rings (SSSR count). The van der Waals surface area contributed by atoms with Crippen LogP contribution in [0.25, 0.3) is 0 Å². The lowest BCUT2D eigenvalue weighted by Gasteiger charge is -2.10. The first-order valence-electron chi connectivity index (χ1n) is 4.80. The summed E-state index contributed by atoms with van der Waals surface area (Å²) in [6.45, 7) is 1.74. The van der Waals surface area contributed by atoms with E-state index >= 15 is 0 Å². The summed E-state index contributed by atoms with van der Waals surface area (Å²) in [5.74, 6) is 1.95. The molecule has 0 aromatic heterocycles. The van der Waals surface area contributed by atoms with Crippen LogP contribution in [0.3, 0.4) is 0 Å². The third kappa shape index (κ3) is 3.93. The number of ether oxygens (including phenoxy) is 1. The van der Waals surface area contributed by atoms with Crippen LogP contribution >= 0.6 is 23.4 Å². The van der Waals surface area contributed by atoms with Crippen molar-refractivity contribution in [2.45, 2.75) is 6.54 Å². The summed E-state index contributed by atoms with van der Waals surface area (Å²) >= 11 is 7.92. The monoisotopic (exact) mass is 245 g/mol. The van der Waals surface area contributed by atoms with Crippen molar-refractivity contribution in [3.63, 3.8) is 0 Å². The Balaban J connectivity index is 2.58. The Labute approximate surface area is 100 Å². The summed E-state index contributed by atoms with van der Waals surface area (Å²) in [6, 6.07) is 5.71. The molecule has 0 saturated heterocycles. The van der Waals surface area contributed by atoms with Gasteiger partial charge in [0.15, 0.2) is 0 Å². The number of thioether (sulfide) groups is 1. The highest BCUT2D eigenvalue weighted by molar-refractivity contribution is 7.98. The molecule has 0 aliphatic rings. The Morgan fingerprint density at radius 2 is 2.27 bits per heavy atom. The third-order valence-corrected chi connectivity index (χ3v) is 3.05. The summed E-state index contributed by atoms with van der Waals surface area (Å²) in [5.41, 5.74) is 1.03. The van der Waals surface area contributed by atoms with Gasteiger partial charge in [0.1, 0.15) is 5.75 Å². The van der Waals surface area contributed by atoms with Gasteiger partial charge in [0.2, 0.25) is 0 Å². The molecule has 84 valence electrons. The van der Waals surface area contributed by atoms with Crippen LogP contribution in [0.2, 0.25) is 5.02 Å².